The molecule has 2 heterocycles. The molecule has 2 fully saturated rings. The van der Waals surface area contributed by atoms with Crippen molar-refractivity contribution in [2.75, 3.05) is 53.6 Å². The van der Waals surface area contributed by atoms with Crippen LogP contribution >= 0.6 is 0 Å². The number of methoxy groups -OCH3 is 2. The number of carbonyl (C=O) groups is 2. The van der Waals surface area contributed by atoms with Crippen LogP contribution in [0.4, 0.5) is 4.39 Å². The number of rotatable bonds is 8. The van der Waals surface area contributed by atoms with Gasteiger partial charge in [0, 0.05) is 24.1 Å². The Morgan fingerprint density at radius 2 is 1.83 bits per heavy atom. The SMILES string of the molecule is COc1ccc(OC)c(C2/C(=C(\[O-])c3ccc(F)cc3)C(=O)C(=O)N2CCC[NH+]2CCOCC2)c1. The zero-order valence-corrected chi connectivity index (χ0v) is 19.8. The van der Waals surface area contributed by atoms with Gasteiger partial charge in [0.05, 0.1) is 40.0 Å². The van der Waals surface area contributed by atoms with Crippen molar-refractivity contribution in [2.45, 2.75) is 12.5 Å². The van der Waals surface area contributed by atoms with Crippen molar-refractivity contribution in [3.8, 4) is 11.5 Å². The number of ether oxygens (including phenoxy) is 3. The van der Waals surface area contributed by atoms with Gasteiger partial charge in [-0.05, 0) is 35.9 Å². The van der Waals surface area contributed by atoms with Crippen LogP contribution in [-0.4, -0.2) is 70.2 Å². The van der Waals surface area contributed by atoms with E-state index in [1.54, 1.807) is 18.2 Å². The number of amides is 1. The lowest BCUT2D eigenvalue weighted by atomic mass is 9.94. The Bertz CT molecular complexity index is 1110. The lowest BCUT2D eigenvalue weighted by Gasteiger charge is -2.29. The summed E-state index contributed by atoms with van der Waals surface area (Å²) >= 11 is 0. The van der Waals surface area contributed by atoms with E-state index in [9.17, 15) is 19.1 Å². The van der Waals surface area contributed by atoms with Gasteiger partial charge in [0.15, 0.2) is 0 Å². The number of morpholine rings is 1. The average Bonchev–Trinajstić information content (AvgIpc) is 3.14. The van der Waals surface area contributed by atoms with Gasteiger partial charge in [-0.2, -0.15) is 0 Å². The second-order valence-electron chi connectivity index (χ2n) is 8.55. The fraction of sp³-hybridized carbons (Fsp3) is 0.385. The molecule has 1 N–H and O–H groups in total. The highest BCUT2D eigenvalue weighted by atomic mass is 19.1. The van der Waals surface area contributed by atoms with Crippen molar-refractivity contribution >= 4 is 17.4 Å². The number of likely N-dealkylation sites (tertiary alicyclic amines) is 1. The molecule has 2 aliphatic heterocycles. The standard InChI is InChI=1S/C26H29FN2O6/c1-33-19-8-9-21(34-2)20(16-19)23-22(24(30)17-4-6-18(27)7-5-17)25(31)26(32)29(23)11-3-10-28-12-14-35-15-13-28/h4-9,16,23,30H,3,10-15H2,1-2H3/b24-22+. The van der Waals surface area contributed by atoms with Crippen LogP contribution in [0, 0.1) is 5.82 Å². The summed E-state index contributed by atoms with van der Waals surface area (Å²) in [4.78, 5) is 29.2. The number of benzene rings is 2. The Labute approximate surface area is 203 Å². The quantitative estimate of drug-likeness (QED) is 0.331. The normalized spacial score (nSPS) is 20.3. The number of Topliss-reactive ketones (excluding diaryl/α,β-unsaturated/α-hetero) is 1. The van der Waals surface area contributed by atoms with Crippen LogP contribution in [0.25, 0.3) is 5.76 Å². The van der Waals surface area contributed by atoms with Gasteiger partial charge in [0.25, 0.3) is 5.91 Å². The molecule has 1 amide bonds. The molecule has 2 aliphatic rings. The van der Waals surface area contributed by atoms with Gasteiger partial charge < -0.3 is 29.1 Å². The molecule has 0 radical (unpaired) electrons. The minimum Gasteiger partial charge on any atom is -0.872 e. The Hall–Kier alpha value is -3.43. The highest BCUT2D eigenvalue weighted by molar-refractivity contribution is 6.46. The fourth-order valence-electron chi connectivity index (χ4n) is 4.64. The smallest absolute Gasteiger partial charge is 0.295 e. The average molecular weight is 485 g/mol. The maximum absolute atomic E-state index is 13.5. The Kier molecular flexibility index (Phi) is 7.67. The van der Waals surface area contributed by atoms with Gasteiger partial charge >= 0.3 is 0 Å². The summed E-state index contributed by atoms with van der Waals surface area (Å²) in [7, 11) is 2.99. The molecule has 0 aliphatic carbocycles. The van der Waals surface area contributed by atoms with Crippen molar-refractivity contribution in [2.24, 2.45) is 0 Å². The first kappa shape index (κ1) is 24.7. The van der Waals surface area contributed by atoms with Gasteiger partial charge in [-0.1, -0.05) is 17.9 Å². The molecule has 8 nitrogen and oxygen atoms in total. The van der Waals surface area contributed by atoms with Crippen LogP contribution in [0.5, 0.6) is 11.5 Å². The fourth-order valence-corrected chi connectivity index (χ4v) is 4.64. The minimum atomic E-state index is -0.947. The van der Waals surface area contributed by atoms with Crippen LogP contribution in [0.2, 0.25) is 0 Å². The van der Waals surface area contributed by atoms with Gasteiger partial charge in [-0.15, -0.1) is 0 Å². The first-order chi connectivity index (χ1) is 16.9. The molecule has 0 spiro atoms. The maximum atomic E-state index is 13.5. The number of ketones is 1. The lowest BCUT2D eigenvalue weighted by molar-refractivity contribution is -0.908. The molecule has 0 aromatic heterocycles. The van der Waals surface area contributed by atoms with E-state index in [4.69, 9.17) is 14.2 Å². The summed E-state index contributed by atoms with van der Waals surface area (Å²) in [6, 6.07) is 9.04. The molecular formula is C26H29FN2O6. The van der Waals surface area contributed by atoms with Crippen molar-refractivity contribution in [1.82, 2.24) is 4.90 Å². The molecule has 2 aromatic rings. The zero-order chi connectivity index (χ0) is 24.9. The molecule has 2 aromatic carbocycles. The summed E-state index contributed by atoms with van der Waals surface area (Å²) < 4.78 is 29.7. The summed E-state index contributed by atoms with van der Waals surface area (Å²) in [5, 5.41) is 13.5. The molecule has 1 atom stereocenters. The van der Waals surface area contributed by atoms with E-state index in [1.807, 2.05) is 0 Å². The predicted molar refractivity (Wildman–Crippen MR) is 123 cm³/mol. The highest BCUT2D eigenvalue weighted by Crippen LogP contribution is 2.43. The second kappa shape index (κ2) is 10.9. The number of carbonyl (C=O) groups excluding carboxylic acids is 2. The van der Waals surface area contributed by atoms with Crippen LogP contribution in [-0.2, 0) is 14.3 Å². The van der Waals surface area contributed by atoms with E-state index in [2.05, 4.69) is 0 Å². The monoisotopic (exact) mass is 484 g/mol. The Morgan fingerprint density at radius 3 is 2.49 bits per heavy atom. The van der Waals surface area contributed by atoms with Crippen molar-refractivity contribution in [3.05, 3.63) is 65.0 Å². The molecule has 1 unspecified atom stereocenters. The number of hydrogen-bond donors (Lipinski definition) is 1. The third-order valence-corrected chi connectivity index (χ3v) is 6.50. The molecule has 4 rings (SSSR count). The van der Waals surface area contributed by atoms with Crippen LogP contribution in [0.15, 0.2) is 48.0 Å². The predicted octanol–water partition coefficient (Wildman–Crippen LogP) is 0.372. The van der Waals surface area contributed by atoms with E-state index in [0.717, 1.165) is 31.8 Å². The van der Waals surface area contributed by atoms with Gasteiger partial charge in [0.2, 0.25) is 5.78 Å². The first-order valence-corrected chi connectivity index (χ1v) is 11.6. The summed E-state index contributed by atoms with van der Waals surface area (Å²) in [5.41, 5.74) is 0.441. The summed E-state index contributed by atoms with van der Waals surface area (Å²) in [6.07, 6.45) is 0.648. The first-order valence-electron chi connectivity index (χ1n) is 11.6. The topological polar surface area (TPSA) is 92.6 Å². The van der Waals surface area contributed by atoms with E-state index in [1.165, 1.54) is 36.2 Å². The van der Waals surface area contributed by atoms with E-state index in [-0.39, 0.29) is 11.1 Å². The maximum Gasteiger partial charge on any atom is 0.295 e. The van der Waals surface area contributed by atoms with Gasteiger partial charge in [-0.25, -0.2) is 4.39 Å². The van der Waals surface area contributed by atoms with Crippen molar-refractivity contribution in [3.63, 3.8) is 0 Å². The van der Waals surface area contributed by atoms with Crippen LogP contribution in [0.3, 0.4) is 0 Å². The largest absolute Gasteiger partial charge is 0.872 e. The number of quaternary nitrogens is 1. The molecule has 0 bridgehead atoms. The van der Waals surface area contributed by atoms with E-state index < -0.39 is 29.3 Å². The number of halogens is 1. The van der Waals surface area contributed by atoms with Gasteiger partial charge in [0.1, 0.15) is 30.4 Å². The molecule has 186 valence electrons. The van der Waals surface area contributed by atoms with E-state index in [0.29, 0.717) is 43.2 Å². The lowest BCUT2D eigenvalue weighted by Crippen LogP contribution is -3.14. The minimum absolute atomic E-state index is 0.133. The van der Waals surface area contributed by atoms with E-state index >= 15 is 0 Å². The Morgan fingerprint density at radius 1 is 1.11 bits per heavy atom. The Balaban J connectivity index is 1.75. The van der Waals surface area contributed by atoms with Crippen molar-refractivity contribution < 1.29 is 38.2 Å². The van der Waals surface area contributed by atoms with Crippen molar-refractivity contribution in [1.29, 1.82) is 0 Å². The summed E-state index contributed by atoms with van der Waals surface area (Å²) in [5.74, 6) is -1.78. The summed E-state index contributed by atoms with van der Waals surface area (Å²) in [6.45, 7) is 4.28. The molecular weight excluding hydrogens is 455 g/mol. The number of nitrogens with one attached hydrogen (secondary N) is 1. The third kappa shape index (κ3) is 5.16. The highest BCUT2D eigenvalue weighted by Gasteiger charge is 2.45. The number of nitrogens with zero attached hydrogens (tertiary/aromatic N) is 1. The second-order valence-corrected chi connectivity index (χ2v) is 8.55. The number of hydrogen-bond acceptors (Lipinski definition) is 6. The molecule has 35 heavy (non-hydrogen) atoms. The zero-order valence-electron chi connectivity index (χ0n) is 19.8. The molecule has 2 saturated heterocycles. The van der Waals surface area contributed by atoms with Crippen LogP contribution < -0.4 is 19.5 Å². The molecule has 9 heteroatoms. The molecule has 0 saturated carbocycles. The third-order valence-electron chi connectivity index (χ3n) is 6.50. The van der Waals surface area contributed by atoms with Gasteiger partial charge in [-0.3, -0.25) is 9.59 Å². The van der Waals surface area contributed by atoms with Crippen LogP contribution in [0.1, 0.15) is 23.6 Å².